The molecule has 1 N–H and O–H groups in total. The molecule has 0 aromatic heterocycles. The third-order valence-electron chi connectivity index (χ3n) is 2.87. The second-order valence-electron chi connectivity index (χ2n) is 3.99. The fourth-order valence-corrected chi connectivity index (χ4v) is 2.07. The van der Waals surface area contributed by atoms with Crippen LogP contribution in [0.25, 0.3) is 0 Å². The lowest BCUT2D eigenvalue weighted by molar-refractivity contribution is -0.149. The summed E-state index contributed by atoms with van der Waals surface area (Å²) in [6.07, 6.45) is 1.96. The average molecular weight is 230 g/mol. The molecule has 0 aromatic rings. The van der Waals surface area contributed by atoms with Crippen LogP contribution in [0.2, 0.25) is 0 Å². The fraction of sp³-hybridized carbons (Fsp3) is 0.818. The molecule has 92 valence electrons. The number of nitrogens with zero attached hydrogens (tertiary/aromatic N) is 1. The van der Waals surface area contributed by atoms with Gasteiger partial charge in [0.1, 0.15) is 18.8 Å². The van der Waals surface area contributed by atoms with Gasteiger partial charge < -0.3 is 10.2 Å². The molecular formula is C11H19FN2O2. The third kappa shape index (κ3) is 2.51. The van der Waals surface area contributed by atoms with Gasteiger partial charge in [-0.2, -0.15) is 0 Å². The lowest BCUT2D eigenvalue weighted by atomic mass is 10.0. The molecule has 1 rings (SSSR count). The monoisotopic (exact) mass is 230 g/mol. The van der Waals surface area contributed by atoms with Gasteiger partial charge in [0.15, 0.2) is 0 Å². The molecule has 2 amide bonds. The topological polar surface area (TPSA) is 49.4 Å². The van der Waals surface area contributed by atoms with Crippen molar-refractivity contribution in [2.24, 2.45) is 0 Å². The van der Waals surface area contributed by atoms with Crippen molar-refractivity contribution in [1.29, 1.82) is 0 Å². The van der Waals surface area contributed by atoms with Gasteiger partial charge in [0.25, 0.3) is 0 Å². The minimum absolute atomic E-state index is 0.0188. The van der Waals surface area contributed by atoms with Crippen LogP contribution in [0.4, 0.5) is 4.39 Å². The quantitative estimate of drug-likeness (QED) is 0.761. The number of rotatable bonds is 5. The Morgan fingerprint density at radius 3 is 2.56 bits per heavy atom. The van der Waals surface area contributed by atoms with Crippen LogP contribution in [0.1, 0.15) is 33.1 Å². The molecule has 1 aliphatic rings. The van der Waals surface area contributed by atoms with Gasteiger partial charge in [0.05, 0.1) is 0 Å². The molecule has 1 aliphatic heterocycles. The number of alkyl halides is 1. The van der Waals surface area contributed by atoms with Crippen molar-refractivity contribution in [3.8, 4) is 0 Å². The Morgan fingerprint density at radius 1 is 1.38 bits per heavy atom. The summed E-state index contributed by atoms with van der Waals surface area (Å²) in [7, 11) is 0. The normalized spacial score (nSPS) is 25.8. The molecule has 2 unspecified atom stereocenters. The zero-order valence-electron chi connectivity index (χ0n) is 9.83. The van der Waals surface area contributed by atoms with Crippen LogP contribution in [0.3, 0.4) is 0 Å². The highest BCUT2D eigenvalue weighted by atomic mass is 19.1. The second kappa shape index (κ2) is 5.82. The van der Waals surface area contributed by atoms with Crippen LogP contribution >= 0.6 is 0 Å². The Kier molecular flexibility index (Phi) is 4.71. The van der Waals surface area contributed by atoms with Crippen LogP contribution in [-0.2, 0) is 9.59 Å². The number of hydrogen-bond acceptors (Lipinski definition) is 2. The van der Waals surface area contributed by atoms with Crippen LogP contribution in [0.5, 0.6) is 0 Å². The van der Waals surface area contributed by atoms with E-state index in [9.17, 15) is 14.0 Å². The molecule has 1 heterocycles. The number of halogens is 1. The van der Waals surface area contributed by atoms with E-state index in [1.54, 1.807) is 0 Å². The molecule has 4 nitrogen and oxygen atoms in total. The number of carbonyl (C=O) groups is 2. The highest BCUT2D eigenvalue weighted by Gasteiger charge is 2.38. The van der Waals surface area contributed by atoms with E-state index in [0.717, 1.165) is 6.42 Å². The Hall–Kier alpha value is -1.13. The molecule has 16 heavy (non-hydrogen) atoms. The number of hydrogen-bond donors (Lipinski definition) is 1. The maximum Gasteiger partial charge on any atom is 0.245 e. The van der Waals surface area contributed by atoms with E-state index in [1.165, 1.54) is 4.90 Å². The summed E-state index contributed by atoms with van der Waals surface area (Å²) >= 11 is 0. The molecule has 0 bridgehead atoms. The first-order valence-electron chi connectivity index (χ1n) is 5.82. The van der Waals surface area contributed by atoms with Crippen LogP contribution in [0.15, 0.2) is 0 Å². The molecule has 0 aromatic carbocycles. The summed E-state index contributed by atoms with van der Waals surface area (Å²) < 4.78 is 12.4. The van der Waals surface area contributed by atoms with Crippen LogP contribution < -0.4 is 5.32 Å². The zero-order chi connectivity index (χ0) is 12.1. The molecule has 1 saturated heterocycles. The molecule has 0 spiro atoms. The van der Waals surface area contributed by atoms with E-state index >= 15 is 0 Å². The Labute approximate surface area is 95.2 Å². The van der Waals surface area contributed by atoms with Gasteiger partial charge in [0.2, 0.25) is 11.8 Å². The highest BCUT2D eigenvalue weighted by molar-refractivity contribution is 5.96. The SMILES string of the molecule is CCCC1NC(=O)C(CC)N(CCF)C1=O. The first kappa shape index (κ1) is 12.9. The number of amides is 2. The number of nitrogens with one attached hydrogen (secondary N) is 1. The van der Waals surface area contributed by atoms with Gasteiger partial charge in [-0.3, -0.25) is 9.59 Å². The highest BCUT2D eigenvalue weighted by Crippen LogP contribution is 2.15. The first-order valence-corrected chi connectivity index (χ1v) is 5.82. The van der Waals surface area contributed by atoms with Crippen molar-refractivity contribution in [2.75, 3.05) is 13.2 Å². The van der Waals surface area contributed by atoms with Gasteiger partial charge >= 0.3 is 0 Å². The average Bonchev–Trinajstić information content (AvgIpc) is 2.26. The molecule has 1 fully saturated rings. The smallest absolute Gasteiger partial charge is 0.245 e. The van der Waals surface area contributed by atoms with Crippen LogP contribution in [0, 0.1) is 0 Å². The Balaban J connectivity index is 2.80. The minimum Gasteiger partial charge on any atom is -0.343 e. The second-order valence-corrected chi connectivity index (χ2v) is 3.99. The number of carbonyl (C=O) groups excluding carboxylic acids is 2. The van der Waals surface area contributed by atoms with Gasteiger partial charge in [-0.1, -0.05) is 20.3 Å². The van der Waals surface area contributed by atoms with Crippen molar-refractivity contribution >= 4 is 11.8 Å². The van der Waals surface area contributed by atoms with E-state index in [-0.39, 0.29) is 18.4 Å². The van der Waals surface area contributed by atoms with Gasteiger partial charge in [-0.25, -0.2) is 4.39 Å². The maximum atomic E-state index is 12.4. The van der Waals surface area contributed by atoms with E-state index in [4.69, 9.17) is 0 Å². The molecule has 0 saturated carbocycles. The lowest BCUT2D eigenvalue weighted by Crippen LogP contribution is -2.63. The lowest BCUT2D eigenvalue weighted by Gasteiger charge is -2.38. The first-order chi connectivity index (χ1) is 7.65. The summed E-state index contributed by atoms with van der Waals surface area (Å²) in [5.41, 5.74) is 0. The summed E-state index contributed by atoms with van der Waals surface area (Å²) in [5.74, 6) is -0.306. The standard InChI is InChI=1S/C11H19FN2O2/c1-3-5-8-11(16)14(7-6-12)9(4-2)10(15)13-8/h8-9H,3-7H2,1-2H3,(H,13,15). The Bertz CT molecular complexity index is 271. The summed E-state index contributed by atoms with van der Waals surface area (Å²) in [4.78, 5) is 25.1. The van der Waals surface area contributed by atoms with Crippen molar-refractivity contribution < 1.29 is 14.0 Å². The molecular weight excluding hydrogens is 211 g/mol. The summed E-state index contributed by atoms with van der Waals surface area (Å²) in [6, 6.07) is -0.969. The van der Waals surface area contributed by atoms with E-state index in [0.29, 0.717) is 12.8 Å². The fourth-order valence-electron chi connectivity index (χ4n) is 2.07. The van der Waals surface area contributed by atoms with Crippen molar-refractivity contribution in [3.05, 3.63) is 0 Å². The van der Waals surface area contributed by atoms with Crippen LogP contribution in [-0.4, -0.2) is 42.0 Å². The van der Waals surface area contributed by atoms with E-state index < -0.39 is 18.8 Å². The predicted molar refractivity (Wildman–Crippen MR) is 58.6 cm³/mol. The predicted octanol–water partition coefficient (Wildman–Crippen LogP) is 0.862. The van der Waals surface area contributed by atoms with Crippen molar-refractivity contribution in [1.82, 2.24) is 10.2 Å². The molecule has 0 radical (unpaired) electrons. The zero-order valence-corrected chi connectivity index (χ0v) is 9.83. The summed E-state index contributed by atoms with van der Waals surface area (Å²) in [6.45, 7) is 3.19. The van der Waals surface area contributed by atoms with Gasteiger partial charge in [-0.15, -0.1) is 0 Å². The number of piperazine rings is 1. The van der Waals surface area contributed by atoms with E-state index in [1.807, 2.05) is 13.8 Å². The minimum atomic E-state index is -0.603. The van der Waals surface area contributed by atoms with Gasteiger partial charge in [-0.05, 0) is 12.8 Å². The molecule has 5 heteroatoms. The molecule has 2 atom stereocenters. The third-order valence-corrected chi connectivity index (χ3v) is 2.87. The maximum absolute atomic E-state index is 12.4. The summed E-state index contributed by atoms with van der Waals surface area (Å²) in [5, 5.41) is 2.70. The van der Waals surface area contributed by atoms with Crippen molar-refractivity contribution in [2.45, 2.75) is 45.2 Å². The van der Waals surface area contributed by atoms with E-state index in [2.05, 4.69) is 5.32 Å². The Morgan fingerprint density at radius 2 is 2.06 bits per heavy atom. The largest absolute Gasteiger partial charge is 0.343 e. The van der Waals surface area contributed by atoms with Crippen molar-refractivity contribution in [3.63, 3.8) is 0 Å². The molecule has 0 aliphatic carbocycles. The van der Waals surface area contributed by atoms with Gasteiger partial charge in [0, 0.05) is 6.54 Å².